The normalized spacial score (nSPS) is 26.8. The molecule has 2 aliphatic carbocycles. The number of nitrogens with zero attached hydrogens (tertiary/aromatic N) is 1. The van der Waals surface area contributed by atoms with E-state index in [1.165, 1.54) is 12.1 Å². The highest BCUT2D eigenvalue weighted by Gasteiger charge is 2.64. The lowest BCUT2D eigenvalue weighted by Gasteiger charge is -2.50. The van der Waals surface area contributed by atoms with Crippen LogP contribution in [0.2, 0.25) is 0 Å². The summed E-state index contributed by atoms with van der Waals surface area (Å²) < 4.78 is 5.93. The van der Waals surface area contributed by atoms with Gasteiger partial charge in [0.25, 0.3) is 5.69 Å². The maximum Gasteiger partial charge on any atom is 0.320 e. The summed E-state index contributed by atoms with van der Waals surface area (Å²) >= 11 is 0. The predicted molar refractivity (Wildman–Crippen MR) is 93.4 cm³/mol. The molecule has 0 amide bonds. The van der Waals surface area contributed by atoms with Gasteiger partial charge in [-0.05, 0) is 25.7 Å². The van der Waals surface area contributed by atoms with Gasteiger partial charge in [0.1, 0.15) is 11.5 Å². The van der Waals surface area contributed by atoms with Crippen molar-refractivity contribution in [2.24, 2.45) is 10.8 Å². The van der Waals surface area contributed by atoms with Gasteiger partial charge in [-0.3, -0.25) is 19.7 Å². The van der Waals surface area contributed by atoms with Gasteiger partial charge in [0.15, 0.2) is 5.78 Å². The Hall–Kier alpha value is -2.24. The molecule has 0 bridgehead atoms. The van der Waals surface area contributed by atoms with E-state index in [-0.39, 0.29) is 11.5 Å². The average Bonchev–Trinajstić information content (AvgIpc) is 3.15. The summed E-state index contributed by atoms with van der Waals surface area (Å²) in [5, 5.41) is 11.2. The summed E-state index contributed by atoms with van der Waals surface area (Å²) in [6.45, 7) is 0. The van der Waals surface area contributed by atoms with Crippen molar-refractivity contribution in [3.63, 3.8) is 0 Å². The monoisotopic (exact) mass is 357 g/mol. The van der Waals surface area contributed by atoms with Crippen LogP contribution in [0.1, 0.15) is 69.5 Å². The summed E-state index contributed by atoms with van der Waals surface area (Å²) in [5.74, 6) is -0.386. The molecule has 6 nitrogen and oxygen atoms in total. The molecule has 3 aliphatic rings. The van der Waals surface area contributed by atoms with E-state index in [1.807, 2.05) is 0 Å². The van der Waals surface area contributed by atoms with Crippen molar-refractivity contribution in [3.05, 3.63) is 39.9 Å². The maximum absolute atomic E-state index is 13.7. The number of benzene rings is 1. The van der Waals surface area contributed by atoms with Crippen molar-refractivity contribution in [3.8, 4) is 0 Å². The third-order valence-corrected chi connectivity index (χ3v) is 6.59. The number of ether oxygens (including phenoxy) is 1. The van der Waals surface area contributed by atoms with Crippen LogP contribution in [-0.4, -0.2) is 16.7 Å². The largest absolute Gasteiger partial charge is 0.456 e. The number of Topliss-reactive ketones (excluding diaryl/α,β-unsaturated/α-hetero) is 1. The first-order valence-electron chi connectivity index (χ1n) is 9.50. The van der Waals surface area contributed by atoms with Crippen molar-refractivity contribution in [2.45, 2.75) is 63.9 Å². The number of carbonyl (C=O) groups excluding carboxylic acids is 2. The van der Waals surface area contributed by atoms with Crippen molar-refractivity contribution >= 4 is 17.4 Å². The van der Waals surface area contributed by atoms with Gasteiger partial charge in [0.05, 0.1) is 10.3 Å². The second-order valence-corrected chi connectivity index (χ2v) is 7.97. The smallest absolute Gasteiger partial charge is 0.320 e. The molecule has 0 N–H and O–H groups in total. The van der Waals surface area contributed by atoms with Gasteiger partial charge in [-0.25, -0.2) is 0 Å². The van der Waals surface area contributed by atoms with Gasteiger partial charge in [-0.2, -0.15) is 0 Å². The van der Waals surface area contributed by atoms with Gasteiger partial charge in [0, 0.05) is 17.7 Å². The van der Waals surface area contributed by atoms with E-state index < -0.39 is 27.8 Å². The topological polar surface area (TPSA) is 86.5 Å². The summed E-state index contributed by atoms with van der Waals surface area (Å²) in [7, 11) is 0. The SMILES string of the molecule is O=C1OC(c2cccc([N+](=O)[O-])c2)C2(CCCCC2)C(=O)C12CCCC2. The molecule has 26 heavy (non-hydrogen) atoms. The van der Waals surface area contributed by atoms with E-state index in [0.29, 0.717) is 31.2 Å². The lowest BCUT2D eigenvalue weighted by atomic mass is 9.57. The molecule has 1 aromatic rings. The lowest BCUT2D eigenvalue weighted by Crippen LogP contribution is -2.56. The number of carbonyl (C=O) groups is 2. The van der Waals surface area contributed by atoms with E-state index in [2.05, 4.69) is 0 Å². The molecule has 1 atom stereocenters. The number of nitro benzene ring substituents is 1. The van der Waals surface area contributed by atoms with E-state index in [9.17, 15) is 19.7 Å². The number of rotatable bonds is 2. The molecule has 2 saturated carbocycles. The Bertz CT molecular complexity index is 759. The number of nitro groups is 1. The minimum absolute atomic E-state index is 0.0370. The van der Waals surface area contributed by atoms with Crippen molar-refractivity contribution in [2.75, 3.05) is 0 Å². The summed E-state index contributed by atoms with van der Waals surface area (Å²) in [4.78, 5) is 37.3. The molecule has 1 aliphatic heterocycles. The number of cyclic esters (lactones) is 1. The Morgan fingerprint density at radius 3 is 2.31 bits per heavy atom. The summed E-state index contributed by atoms with van der Waals surface area (Å²) in [5.41, 5.74) is -1.19. The van der Waals surface area contributed by atoms with Crippen LogP contribution in [0.4, 0.5) is 5.69 Å². The molecule has 1 saturated heterocycles. The molecular weight excluding hydrogens is 334 g/mol. The van der Waals surface area contributed by atoms with Gasteiger partial charge >= 0.3 is 5.97 Å². The van der Waals surface area contributed by atoms with Crippen LogP contribution in [0.5, 0.6) is 0 Å². The van der Waals surface area contributed by atoms with Crippen LogP contribution in [0, 0.1) is 20.9 Å². The molecule has 2 spiro atoms. The number of ketones is 1. The van der Waals surface area contributed by atoms with Gasteiger partial charge in [0.2, 0.25) is 0 Å². The molecule has 1 heterocycles. The third kappa shape index (κ3) is 2.38. The quantitative estimate of drug-likeness (QED) is 0.341. The van der Waals surface area contributed by atoms with Crippen LogP contribution in [0.25, 0.3) is 0 Å². The zero-order valence-corrected chi connectivity index (χ0v) is 14.7. The Morgan fingerprint density at radius 1 is 1.00 bits per heavy atom. The molecule has 0 radical (unpaired) electrons. The van der Waals surface area contributed by atoms with Crippen molar-refractivity contribution in [1.29, 1.82) is 0 Å². The van der Waals surface area contributed by atoms with Crippen LogP contribution < -0.4 is 0 Å². The number of hydrogen-bond donors (Lipinski definition) is 0. The fourth-order valence-electron chi connectivity index (χ4n) is 5.29. The fourth-order valence-corrected chi connectivity index (χ4v) is 5.29. The number of non-ortho nitro benzene ring substituents is 1. The minimum Gasteiger partial charge on any atom is -0.456 e. The zero-order valence-electron chi connectivity index (χ0n) is 14.7. The Labute approximate surface area is 152 Å². The van der Waals surface area contributed by atoms with Crippen LogP contribution in [0.15, 0.2) is 24.3 Å². The zero-order chi connectivity index (χ0) is 18.4. The predicted octanol–water partition coefficient (Wildman–Crippen LogP) is 4.27. The van der Waals surface area contributed by atoms with E-state index in [0.717, 1.165) is 32.1 Å². The van der Waals surface area contributed by atoms with Crippen molar-refractivity contribution < 1.29 is 19.2 Å². The molecule has 138 valence electrons. The molecular formula is C20H23NO5. The third-order valence-electron chi connectivity index (χ3n) is 6.59. The Kier molecular flexibility index (Phi) is 4.09. The highest BCUT2D eigenvalue weighted by atomic mass is 16.6. The molecule has 6 heteroatoms. The molecule has 1 aromatic carbocycles. The standard InChI is InChI=1S/C20H23NO5/c22-17-19(9-2-1-3-10-19)16(14-7-6-8-15(13-14)21(24)25)26-18(23)20(17)11-4-5-12-20/h6-8,13,16H,1-5,9-12H2. The number of hydrogen-bond acceptors (Lipinski definition) is 5. The Morgan fingerprint density at radius 2 is 1.65 bits per heavy atom. The first kappa shape index (κ1) is 17.2. The fraction of sp³-hybridized carbons (Fsp3) is 0.600. The van der Waals surface area contributed by atoms with Crippen molar-refractivity contribution in [1.82, 2.24) is 0 Å². The molecule has 0 aromatic heterocycles. The first-order valence-corrected chi connectivity index (χ1v) is 9.50. The van der Waals surface area contributed by atoms with Crippen LogP contribution >= 0.6 is 0 Å². The van der Waals surface area contributed by atoms with Crippen LogP contribution in [0.3, 0.4) is 0 Å². The highest BCUT2D eigenvalue weighted by molar-refractivity contribution is 6.09. The highest BCUT2D eigenvalue weighted by Crippen LogP contribution is 2.59. The average molecular weight is 357 g/mol. The van der Waals surface area contributed by atoms with Gasteiger partial charge in [-0.15, -0.1) is 0 Å². The second kappa shape index (κ2) is 6.18. The Balaban J connectivity index is 1.80. The van der Waals surface area contributed by atoms with Gasteiger partial charge < -0.3 is 4.74 Å². The number of esters is 1. The summed E-state index contributed by atoms with van der Waals surface area (Å²) in [6, 6.07) is 6.21. The lowest BCUT2D eigenvalue weighted by molar-refractivity contribution is -0.385. The van der Waals surface area contributed by atoms with Crippen LogP contribution in [-0.2, 0) is 14.3 Å². The van der Waals surface area contributed by atoms with E-state index in [4.69, 9.17) is 4.74 Å². The molecule has 3 fully saturated rings. The molecule has 4 rings (SSSR count). The van der Waals surface area contributed by atoms with E-state index >= 15 is 0 Å². The molecule has 1 unspecified atom stereocenters. The second-order valence-electron chi connectivity index (χ2n) is 7.97. The first-order chi connectivity index (χ1) is 12.5. The summed E-state index contributed by atoms with van der Waals surface area (Å²) in [6.07, 6.45) is 6.48. The van der Waals surface area contributed by atoms with Gasteiger partial charge in [-0.1, -0.05) is 44.2 Å². The maximum atomic E-state index is 13.7. The minimum atomic E-state index is -0.978. The van der Waals surface area contributed by atoms with E-state index in [1.54, 1.807) is 12.1 Å².